The molecule has 1 aromatic heterocycles. The lowest BCUT2D eigenvalue weighted by Gasteiger charge is -2.14. The van der Waals surface area contributed by atoms with Gasteiger partial charge in [-0.15, -0.1) is 0 Å². The van der Waals surface area contributed by atoms with Gasteiger partial charge in [-0.1, -0.05) is 6.92 Å². The van der Waals surface area contributed by atoms with Crippen molar-refractivity contribution in [2.24, 2.45) is 0 Å². The maximum Gasteiger partial charge on any atom is 0.131 e. The van der Waals surface area contributed by atoms with Gasteiger partial charge in [0.15, 0.2) is 0 Å². The molecule has 0 bridgehead atoms. The number of hydrogen-bond acceptors (Lipinski definition) is 5. The zero-order chi connectivity index (χ0) is 12.8. The third-order valence-electron chi connectivity index (χ3n) is 3.21. The zero-order valence-electron chi connectivity index (χ0n) is 11.1. The second kappa shape index (κ2) is 6.54. The molecule has 18 heavy (non-hydrogen) atoms. The van der Waals surface area contributed by atoms with Gasteiger partial charge in [-0.2, -0.15) is 0 Å². The highest BCUT2D eigenvalue weighted by molar-refractivity contribution is 5.46. The molecule has 1 aromatic rings. The molecule has 2 atom stereocenters. The quantitative estimate of drug-likeness (QED) is 0.811. The lowest BCUT2D eigenvalue weighted by atomic mass is 10.2. The second-order valence-corrected chi connectivity index (χ2v) is 4.76. The molecule has 1 saturated heterocycles. The van der Waals surface area contributed by atoms with Crippen LogP contribution in [0.1, 0.15) is 33.1 Å². The zero-order valence-corrected chi connectivity index (χ0v) is 11.1. The molecule has 2 heterocycles. The van der Waals surface area contributed by atoms with Crippen LogP contribution in [0.5, 0.6) is 0 Å². The first kappa shape index (κ1) is 13.1. The molecule has 0 spiro atoms. The number of rotatable bonds is 6. The maximum atomic E-state index is 5.57. The summed E-state index contributed by atoms with van der Waals surface area (Å²) < 4.78 is 5.57. The van der Waals surface area contributed by atoms with E-state index >= 15 is 0 Å². The first-order valence-corrected chi connectivity index (χ1v) is 6.72. The number of aromatic nitrogens is 2. The van der Waals surface area contributed by atoms with E-state index in [1.54, 1.807) is 6.33 Å². The van der Waals surface area contributed by atoms with Crippen LogP contribution in [0.15, 0.2) is 12.4 Å². The SMILES string of the molecule is CCC(C)Nc1cc(NCC2CCCO2)ncn1. The highest BCUT2D eigenvalue weighted by Crippen LogP contribution is 2.14. The Labute approximate surface area is 108 Å². The average molecular weight is 250 g/mol. The molecule has 100 valence electrons. The van der Waals surface area contributed by atoms with Crippen LogP contribution in [-0.2, 0) is 4.74 Å². The van der Waals surface area contributed by atoms with Gasteiger partial charge in [-0.25, -0.2) is 9.97 Å². The summed E-state index contributed by atoms with van der Waals surface area (Å²) in [7, 11) is 0. The van der Waals surface area contributed by atoms with E-state index in [1.165, 1.54) is 0 Å². The van der Waals surface area contributed by atoms with E-state index in [4.69, 9.17) is 4.74 Å². The van der Waals surface area contributed by atoms with E-state index in [2.05, 4.69) is 34.4 Å². The molecule has 0 amide bonds. The van der Waals surface area contributed by atoms with Crippen LogP contribution in [0.4, 0.5) is 11.6 Å². The van der Waals surface area contributed by atoms with E-state index in [0.29, 0.717) is 12.1 Å². The van der Waals surface area contributed by atoms with Gasteiger partial charge in [0.25, 0.3) is 0 Å². The highest BCUT2D eigenvalue weighted by Gasteiger charge is 2.15. The fourth-order valence-corrected chi connectivity index (χ4v) is 1.91. The predicted octanol–water partition coefficient (Wildman–Crippen LogP) is 2.28. The van der Waals surface area contributed by atoms with E-state index in [0.717, 1.165) is 44.0 Å². The van der Waals surface area contributed by atoms with Crippen LogP contribution in [0.3, 0.4) is 0 Å². The third kappa shape index (κ3) is 3.84. The van der Waals surface area contributed by atoms with E-state index in [-0.39, 0.29) is 0 Å². The van der Waals surface area contributed by atoms with Crippen molar-refractivity contribution in [2.45, 2.75) is 45.3 Å². The molecule has 1 fully saturated rings. The van der Waals surface area contributed by atoms with Gasteiger partial charge in [0.2, 0.25) is 0 Å². The van der Waals surface area contributed by atoms with Gasteiger partial charge in [0.1, 0.15) is 18.0 Å². The van der Waals surface area contributed by atoms with Crippen molar-refractivity contribution >= 4 is 11.6 Å². The molecular formula is C13H22N4O. The van der Waals surface area contributed by atoms with Crippen LogP contribution >= 0.6 is 0 Å². The summed E-state index contributed by atoms with van der Waals surface area (Å²) in [6.07, 6.45) is 5.28. The molecule has 5 heteroatoms. The largest absolute Gasteiger partial charge is 0.376 e. The van der Waals surface area contributed by atoms with Crippen LogP contribution in [0.2, 0.25) is 0 Å². The molecular weight excluding hydrogens is 228 g/mol. The third-order valence-corrected chi connectivity index (χ3v) is 3.21. The van der Waals surface area contributed by atoms with Gasteiger partial charge in [-0.05, 0) is 26.2 Å². The average Bonchev–Trinajstić information content (AvgIpc) is 2.90. The number of nitrogens with zero attached hydrogens (tertiary/aromatic N) is 2. The Hall–Kier alpha value is -1.36. The summed E-state index contributed by atoms with van der Waals surface area (Å²) in [6, 6.07) is 2.37. The summed E-state index contributed by atoms with van der Waals surface area (Å²) in [4.78, 5) is 8.43. The molecule has 5 nitrogen and oxygen atoms in total. The molecule has 2 unspecified atom stereocenters. The first-order chi connectivity index (χ1) is 8.78. The van der Waals surface area contributed by atoms with Crippen LogP contribution in [-0.4, -0.2) is 35.3 Å². The van der Waals surface area contributed by atoms with Gasteiger partial charge >= 0.3 is 0 Å². The summed E-state index contributed by atoms with van der Waals surface area (Å²) in [6.45, 7) is 5.99. The van der Waals surface area contributed by atoms with Crippen molar-refractivity contribution < 1.29 is 4.74 Å². The second-order valence-electron chi connectivity index (χ2n) is 4.76. The Morgan fingerprint density at radius 2 is 2.28 bits per heavy atom. The minimum Gasteiger partial charge on any atom is -0.376 e. The fraction of sp³-hybridized carbons (Fsp3) is 0.692. The normalized spacial score (nSPS) is 20.7. The number of anilines is 2. The summed E-state index contributed by atoms with van der Waals surface area (Å²) in [5.74, 6) is 1.72. The van der Waals surface area contributed by atoms with Crippen molar-refractivity contribution in [3.8, 4) is 0 Å². The summed E-state index contributed by atoms with van der Waals surface area (Å²) >= 11 is 0. The maximum absolute atomic E-state index is 5.57. The van der Waals surface area contributed by atoms with E-state index in [9.17, 15) is 0 Å². The van der Waals surface area contributed by atoms with Crippen molar-refractivity contribution in [1.29, 1.82) is 0 Å². The molecule has 2 N–H and O–H groups in total. The van der Waals surface area contributed by atoms with Crippen LogP contribution in [0, 0.1) is 0 Å². The Kier molecular flexibility index (Phi) is 4.75. The standard InChI is InChI=1S/C13H22N4O/c1-3-10(2)17-13-7-12(15-9-16-13)14-8-11-5-4-6-18-11/h7,9-11H,3-6,8H2,1-2H3,(H2,14,15,16,17). The highest BCUT2D eigenvalue weighted by atomic mass is 16.5. The number of hydrogen-bond donors (Lipinski definition) is 2. The van der Waals surface area contributed by atoms with Gasteiger partial charge in [-0.3, -0.25) is 0 Å². The van der Waals surface area contributed by atoms with Crippen molar-refractivity contribution in [1.82, 2.24) is 9.97 Å². The van der Waals surface area contributed by atoms with Crippen LogP contribution in [0.25, 0.3) is 0 Å². The number of ether oxygens (including phenoxy) is 1. The smallest absolute Gasteiger partial charge is 0.131 e. The first-order valence-electron chi connectivity index (χ1n) is 6.72. The lowest BCUT2D eigenvalue weighted by molar-refractivity contribution is 0.120. The fourth-order valence-electron chi connectivity index (χ4n) is 1.91. The van der Waals surface area contributed by atoms with Crippen LogP contribution < -0.4 is 10.6 Å². The predicted molar refractivity (Wildman–Crippen MR) is 72.9 cm³/mol. The van der Waals surface area contributed by atoms with Gasteiger partial charge in [0, 0.05) is 25.3 Å². The van der Waals surface area contributed by atoms with Crippen molar-refractivity contribution in [3.05, 3.63) is 12.4 Å². The molecule has 2 rings (SSSR count). The monoisotopic (exact) mass is 250 g/mol. The Balaban J connectivity index is 1.86. The molecule has 0 aliphatic carbocycles. The number of nitrogens with one attached hydrogen (secondary N) is 2. The Morgan fingerprint density at radius 1 is 1.44 bits per heavy atom. The van der Waals surface area contributed by atoms with Crippen molar-refractivity contribution in [2.75, 3.05) is 23.8 Å². The van der Waals surface area contributed by atoms with Gasteiger partial charge in [0.05, 0.1) is 6.10 Å². The molecule has 0 radical (unpaired) electrons. The Bertz CT molecular complexity index is 366. The minimum absolute atomic E-state index is 0.325. The van der Waals surface area contributed by atoms with Gasteiger partial charge < -0.3 is 15.4 Å². The van der Waals surface area contributed by atoms with Crippen molar-refractivity contribution in [3.63, 3.8) is 0 Å². The summed E-state index contributed by atoms with van der Waals surface area (Å²) in [5, 5.41) is 6.64. The lowest BCUT2D eigenvalue weighted by Crippen LogP contribution is -2.19. The topological polar surface area (TPSA) is 59.1 Å². The minimum atomic E-state index is 0.325. The molecule has 1 aliphatic rings. The Morgan fingerprint density at radius 3 is 3.00 bits per heavy atom. The molecule has 0 saturated carbocycles. The molecule has 1 aliphatic heterocycles. The van der Waals surface area contributed by atoms with E-state index in [1.807, 2.05) is 6.07 Å². The summed E-state index contributed by atoms with van der Waals surface area (Å²) in [5.41, 5.74) is 0. The molecule has 0 aromatic carbocycles. The van der Waals surface area contributed by atoms with E-state index < -0.39 is 0 Å².